The molecule has 1 fully saturated rings. The lowest BCUT2D eigenvalue weighted by atomic mass is 9.96. The van der Waals surface area contributed by atoms with Gasteiger partial charge in [-0.2, -0.15) is 11.8 Å². The summed E-state index contributed by atoms with van der Waals surface area (Å²) in [5.74, 6) is -10.1. The van der Waals surface area contributed by atoms with Gasteiger partial charge in [0.15, 0.2) is 0 Å². The lowest BCUT2D eigenvalue weighted by molar-refractivity contribution is -0.142. The Morgan fingerprint density at radius 2 is 1.38 bits per heavy atom. The van der Waals surface area contributed by atoms with Gasteiger partial charge in [-0.3, -0.25) is 52.7 Å². The summed E-state index contributed by atoms with van der Waals surface area (Å²) in [6.07, 6.45) is -0.487. The van der Waals surface area contributed by atoms with E-state index in [4.69, 9.17) is 28.0 Å². The van der Waals surface area contributed by atoms with Crippen LogP contribution in [0.2, 0.25) is 0 Å². The number of nitrogens with zero attached hydrogens (tertiary/aromatic N) is 1. The molecule has 0 radical (unpaired) electrons. The van der Waals surface area contributed by atoms with Crippen LogP contribution in [0, 0.1) is 11.8 Å². The molecule has 0 aromatic heterocycles. The van der Waals surface area contributed by atoms with Crippen molar-refractivity contribution in [3.63, 3.8) is 0 Å². The largest absolute Gasteiger partial charge is 0.508 e. The van der Waals surface area contributed by atoms with E-state index in [-0.39, 0.29) is 61.8 Å². The number of likely N-dealkylation sites (tertiary alicyclic amines) is 1. The van der Waals surface area contributed by atoms with Crippen LogP contribution in [0.3, 0.4) is 0 Å². The zero-order valence-electron chi connectivity index (χ0n) is 39.5. The first-order chi connectivity index (χ1) is 32.4. The van der Waals surface area contributed by atoms with Crippen molar-refractivity contribution in [1.82, 2.24) is 36.8 Å². The summed E-state index contributed by atoms with van der Waals surface area (Å²) in [7, 11) is 0. The molecule has 0 unspecified atom stereocenters. The van der Waals surface area contributed by atoms with Gasteiger partial charge in [0.1, 0.15) is 42.0 Å². The molecule has 10 amide bonds. The molecule has 1 aromatic carbocycles. The number of amides is 10. The van der Waals surface area contributed by atoms with E-state index in [1.165, 1.54) is 17.0 Å². The summed E-state index contributed by atoms with van der Waals surface area (Å²) in [5.41, 5.74) is 22.8. The molecule has 1 saturated heterocycles. The number of phenols is 1. The molecule has 1 heterocycles. The van der Waals surface area contributed by atoms with Crippen molar-refractivity contribution >= 4 is 76.8 Å². The summed E-state index contributed by atoms with van der Waals surface area (Å²) >= 11 is 1.11. The molecule has 0 bridgehead atoms. The van der Waals surface area contributed by atoms with Crippen molar-refractivity contribution in [1.29, 1.82) is 0 Å². The van der Waals surface area contributed by atoms with Gasteiger partial charge < -0.3 is 69.9 Å². The molecule has 1 aliphatic rings. The van der Waals surface area contributed by atoms with E-state index in [0.29, 0.717) is 18.4 Å². The maximum absolute atomic E-state index is 14.3. The predicted octanol–water partition coefficient (Wildman–Crippen LogP) is -2.89. The van der Waals surface area contributed by atoms with Crippen molar-refractivity contribution in [2.75, 3.05) is 24.6 Å². The third-order valence-electron chi connectivity index (χ3n) is 11.1. The molecule has 0 aliphatic carbocycles. The normalized spacial score (nSPS) is 16.3. The first-order valence-corrected chi connectivity index (χ1v) is 23.9. The number of primary amides is 3. The van der Waals surface area contributed by atoms with Crippen molar-refractivity contribution in [3.05, 3.63) is 29.8 Å². The molecule has 2 rings (SSSR count). The fourth-order valence-electron chi connectivity index (χ4n) is 7.19. The minimum absolute atomic E-state index is 0.0123. The van der Waals surface area contributed by atoms with E-state index in [0.717, 1.165) is 11.8 Å². The Labute approximate surface area is 404 Å². The van der Waals surface area contributed by atoms with Gasteiger partial charge >= 0.3 is 5.97 Å². The molecule has 16 N–H and O–H groups in total. The van der Waals surface area contributed by atoms with Gasteiger partial charge in [-0.1, -0.05) is 46.2 Å². The Bertz CT molecular complexity index is 1990. The SMILES string of the molecule is CC[C@H](C)[C@H](NC(=O)[C@@H](N)Cc1ccc(O)cc1)C(=O)N[C@@H](CCC(N)=O)C(=O)N[C@@H](CC(N)=O)C(=O)N[C@@H](CSCCCC(=O)O)C(=O)N1CCC[C@H]1C(=O)N[C@@H](CC(C)C)C(=O)NCC(N)=O. The molecule has 25 heteroatoms. The first kappa shape index (κ1) is 58.6. The molecule has 384 valence electrons. The number of rotatable bonds is 31. The van der Waals surface area contributed by atoms with Crippen LogP contribution in [0.5, 0.6) is 5.75 Å². The number of hydrogen-bond donors (Lipinski definition) is 12. The Balaban J connectivity index is 2.39. The first-order valence-electron chi connectivity index (χ1n) is 22.7. The van der Waals surface area contributed by atoms with Crippen LogP contribution >= 0.6 is 11.8 Å². The second kappa shape index (κ2) is 29.4. The Morgan fingerprint density at radius 1 is 0.754 bits per heavy atom. The van der Waals surface area contributed by atoms with Crippen molar-refractivity contribution < 1.29 is 63.0 Å². The van der Waals surface area contributed by atoms with Gasteiger partial charge in [0, 0.05) is 25.1 Å². The minimum atomic E-state index is -1.77. The molecule has 69 heavy (non-hydrogen) atoms. The number of benzene rings is 1. The minimum Gasteiger partial charge on any atom is -0.508 e. The van der Waals surface area contributed by atoms with Gasteiger partial charge in [0.2, 0.25) is 59.1 Å². The van der Waals surface area contributed by atoms with Gasteiger partial charge in [0.25, 0.3) is 0 Å². The maximum Gasteiger partial charge on any atom is 0.303 e. The summed E-state index contributed by atoms with van der Waals surface area (Å²) < 4.78 is 0. The average Bonchev–Trinajstić information content (AvgIpc) is 3.77. The number of thioether (sulfide) groups is 1. The van der Waals surface area contributed by atoms with E-state index in [1.54, 1.807) is 26.0 Å². The molecule has 24 nitrogen and oxygen atoms in total. The third-order valence-corrected chi connectivity index (χ3v) is 12.2. The number of nitrogens with two attached hydrogens (primary N) is 4. The molecule has 0 saturated carbocycles. The molecule has 1 aromatic rings. The lowest BCUT2D eigenvalue weighted by Gasteiger charge is -2.31. The number of carboxylic acids is 1. The molecule has 0 spiro atoms. The Morgan fingerprint density at radius 3 is 1.96 bits per heavy atom. The Hall–Kier alpha value is -6.50. The van der Waals surface area contributed by atoms with Crippen molar-refractivity contribution in [2.24, 2.45) is 34.8 Å². The number of hydrogen-bond acceptors (Lipinski definition) is 14. The predicted molar refractivity (Wildman–Crippen MR) is 252 cm³/mol. The van der Waals surface area contributed by atoms with Gasteiger partial charge in [-0.25, -0.2) is 0 Å². The Kier molecular flexibility index (Phi) is 25.0. The van der Waals surface area contributed by atoms with Crippen LogP contribution in [0.4, 0.5) is 0 Å². The number of carbonyl (C=O) groups is 11. The summed E-state index contributed by atoms with van der Waals surface area (Å²) in [5, 5.41) is 33.8. The van der Waals surface area contributed by atoms with Crippen LogP contribution < -0.4 is 54.8 Å². The maximum atomic E-state index is 14.3. The van der Waals surface area contributed by atoms with E-state index in [1.807, 2.05) is 13.8 Å². The molecular formula is C44H69N11O13S. The lowest BCUT2D eigenvalue weighted by Crippen LogP contribution is -2.61. The van der Waals surface area contributed by atoms with Crippen LogP contribution in [0.15, 0.2) is 24.3 Å². The number of carboxylic acid groups (broad SMARTS) is 1. The molecule has 8 atom stereocenters. The van der Waals surface area contributed by atoms with Gasteiger partial charge in [-0.15, -0.1) is 0 Å². The summed E-state index contributed by atoms with van der Waals surface area (Å²) in [4.78, 5) is 144. The van der Waals surface area contributed by atoms with Crippen molar-refractivity contribution in [3.8, 4) is 5.75 Å². The number of aliphatic carboxylic acids is 1. The second-order valence-corrected chi connectivity index (χ2v) is 18.5. The summed E-state index contributed by atoms with van der Waals surface area (Å²) in [6, 6.07) is -3.35. The van der Waals surface area contributed by atoms with E-state index >= 15 is 0 Å². The number of phenolic OH excluding ortho intramolecular Hbond substituents is 1. The summed E-state index contributed by atoms with van der Waals surface area (Å²) in [6.45, 7) is 6.62. The van der Waals surface area contributed by atoms with Crippen LogP contribution in [0.1, 0.15) is 91.0 Å². The zero-order chi connectivity index (χ0) is 52.0. The van der Waals surface area contributed by atoms with Crippen LogP contribution in [-0.2, 0) is 59.2 Å². The quantitative estimate of drug-likeness (QED) is 0.0332. The fourth-order valence-corrected chi connectivity index (χ4v) is 8.16. The molecule has 1 aliphatic heterocycles. The van der Waals surface area contributed by atoms with Crippen LogP contribution in [0.25, 0.3) is 0 Å². The smallest absolute Gasteiger partial charge is 0.303 e. The standard InChI is InChI=1S/C44H69N11O13S/c1-5-24(4)37(54-38(62)27(45)19-25-10-12-26(56)13-11-25)43(67)50-28(14-15-33(46)57)40(64)51-30(20-34(47)58)41(65)53-31(22-69-17-7-9-36(60)61)44(68)55-16-6-8-32(55)42(66)52-29(18-23(2)3)39(63)49-21-35(48)59/h10-13,23-24,27-32,37,56H,5-9,14-22,45H2,1-4H3,(H2,46,57)(H2,47,58)(H2,48,59)(H,49,63)(H,50,67)(H,51,64)(H,52,66)(H,53,65)(H,54,62)(H,60,61)/t24-,27-,28-,29-,30-,31-,32-,37-/m0/s1. The fraction of sp³-hybridized carbons (Fsp3) is 0.614. The van der Waals surface area contributed by atoms with E-state index in [2.05, 4.69) is 31.9 Å². The highest BCUT2D eigenvalue weighted by molar-refractivity contribution is 7.99. The number of carbonyl (C=O) groups excluding carboxylic acids is 10. The van der Waals surface area contributed by atoms with Gasteiger partial charge in [0.05, 0.1) is 19.0 Å². The highest BCUT2D eigenvalue weighted by Crippen LogP contribution is 2.21. The second-order valence-electron chi connectivity index (χ2n) is 17.3. The topological polar surface area (TPSA) is 408 Å². The van der Waals surface area contributed by atoms with E-state index < -0.39 is 139 Å². The number of aromatic hydroxyl groups is 1. The van der Waals surface area contributed by atoms with Crippen LogP contribution in [-0.4, -0.2) is 147 Å². The van der Waals surface area contributed by atoms with E-state index in [9.17, 15) is 57.8 Å². The third kappa shape index (κ3) is 21.1. The zero-order valence-corrected chi connectivity index (χ0v) is 40.3. The number of nitrogens with one attached hydrogen (secondary N) is 6. The molecular weight excluding hydrogens is 923 g/mol. The highest BCUT2D eigenvalue weighted by Gasteiger charge is 2.40. The average molecular weight is 992 g/mol. The highest BCUT2D eigenvalue weighted by atomic mass is 32.2. The monoisotopic (exact) mass is 991 g/mol. The van der Waals surface area contributed by atoms with Gasteiger partial charge in [-0.05, 0) is 73.8 Å². The van der Waals surface area contributed by atoms with Crippen molar-refractivity contribution in [2.45, 2.75) is 134 Å².